The van der Waals surface area contributed by atoms with E-state index in [4.69, 9.17) is 4.74 Å². The molecule has 1 atom stereocenters. The molecule has 2 amide bonds. The van der Waals surface area contributed by atoms with Gasteiger partial charge in [-0.15, -0.1) is 11.8 Å². The Balaban J connectivity index is 1.40. The number of fused-ring (bicyclic) bond motifs is 2. The second kappa shape index (κ2) is 11.2. The first-order chi connectivity index (χ1) is 19.9. The van der Waals surface area contributed by atoms with Crippen LogP contribution in [0.25, 0.3) is 16.9 Å². The summed E-state index contributed by atoms with van der Waals surface area (Å²) in [5, 5.41) is 14.9. The Morgan fingerprint density at radius 3 is 2.98 bits per heavy atom. The fraction of sp³-hybridized carbons (Fsp3) is 0.296. The van der Waals surface area contributed by atoms with E-state index < -0.39 is 12.5 Å². The van der Waals surface area contributed by atoms with Gasteiger partial charge in [0.25, 0.3) is 5.91 Å². The third-order valence-electron chi connectivity index (χ3n) is 6.69. The quantitative estimate of drug-likeness (QED) is 0.313. The lowest BCUT2D eigenvalue weighted by Gasteiger charge is -2.25. The number of nitrogens with one attached hydrogen (secondary N) is 2. The summed E-state index contributed by atoms with van der Waals surface area (Å²) >= 11 is 1.57. The molecule has 0 saturated heterocycles. The Morgan fingerprint density at radius 2 is 2.17 bits per heavy atom. The monoisotopic (exact) mass is 580 g/mol. The summed E-state index contributed by atoms with van der Waals surface area (Å²) in [4.78, 5) is 33.2. The number of hydrogen-bond acceptors (Lipinski definition) is 8. The van der Waals surface area contributed by atoms with Gasteiger partial charge in [-0.25, -0.2) is 9.50 Å². The molecule has 0 radical (unpaired) electrons. The summed E-state index contributed by atoms with van der Waals surface area (Å²) < 4.78 is 34.9. The highest BCUT2D eigenvalue weighted by molar-refractivity contribution is 7.99. The van der Waals surface area contributed by atoms with Crippen molar-refractivity contribution in [3.63, 3.8) is 0 Å². The number of rotatable bonds is 7. The number of carbonyl (C=O) groups is 2. The van der Waals surface area contributed by atoms with Crippen LogP contribution in [0.2, 0.25) is 0 Å². The number of amides is 2. The topological polar surface area (TPSA) is 119 Å². The molecule has 0 spiro atoms. The first-order valence-corrected chi connectivity index (χ1v) is 14.0. The van der Waals surface area contributed by atoms with Gasteiger partial charge in [0.1, 0.15) is 23.6 Å². The molecular formula is C27H26F2N8O3S. The lowest BCUT2D eigenvalue weighted by Crippen LogP contribution is -2.36. The van der Waals surface area contributed by atoms with Crippen molar-refractivity contribution in [1.82, 2.24) is 29.3 Å². The maximum Gasteiger partial charge on any atom is 0.387 e. The first-order valence-electron chi connectivity index (χ1n) is 13.0. The lowest BCUT2D eigenvalue weighted by molar-refractivity contribution is -0.131. The van der Waals surface area contributed by atoms with Gasteiger partial charge in [-0.1, -0.05) is 12.2 Å². The van der Waals surface area contributed by atoms with Crippen LogP contribution in [0.4, 0.5) is 20.2 Å². The van der Waals surface area contributed by atoms with Gasteiger partial charge in [0.15, 0.2) is 5.65 Å². The van der Waals surface area contributed by atoms with Crippen LogP contribution in [0, 0.1) is 0 Å². The number of benzene rings is 1. The van der Waals surface area contributed by atoms with Crippen molar-refractivity contribution in [2.75, 3.05) is 29.5 Å². The second-order valence-corrected chi connectivity index (χ2v) is 10.7. The Bertz CT molecular complexity index is 1650. The molecule has 3 aromatic heterocycles. The molecule has 4 aromatic rings. The summed E-state index contributed by atoms with van der Waals surface area (Å²) in [6, 6.07) is 5.06. The second-order valence-electron chi connectivity index (χ2n) is 9.67. The number of carbonyl (C=O) groups excluding carboxylic acids is 2. The maximum absolute atomic E-state index is 13.5. The number of aromatic nitrogens is 5. The van der Waals surface area contributed by atoms with Crippen molar-refractivity contribution in [3.8, 4) is 17.0 Å². The summed E-state index contributed by atoms with van der Waals surface area (Å²) in [7, 11) is 0. The van der Waals surface area contributed by atoms with E-state index in [1.807, 2.05) is 19.1 Å². The predicted molar refractivity (Wildman–Crippen MR) is 149 cm³/mol. The molecule has 0 aliphatic carbocycles. The first kappa shape index (κ1) is 26.7. The van der Waals surface area contributed by atoms with E-state index >= 15 is 0 Å². The third kappa shape index (κ3) is 5.59. The van der Waals surface area contributed by atoms with Gasteiger partial charge in [0.2, 0.25) is 5.91 Å². The standard InChI is InChI=1S/C27H26F2N8O3S/c1-16-15-41-22-10-17(21(40-27(28)29)11-19(22)32-16)24-20(13-36(34-24)14-23(38)35-7-3-2-4-8-35)33-26(39)18-12-31-37-9-5-6-30-25(18)37/h2-3,5-6,9-13,16,27,32H,4,7-8,14-15H2,1H3,(H,33,39). The summed E-state index contributed by atoms with van der Waals surface area (Å²) in [5.41, 5.74) is 1.89. The number of anilines is 2. The fourth-order valence-electron chi connectivity index (χ4n) is 4.77. The number of nitrogens with zero attached hydrogens (tertiary/aromatic N) is 6. The SMILES string of the molecule is CC1CSc2cc(-c3nn(CC(=O)N4CC=CCC4)cc3NC(=O)c3cnn4cccnc34)c(OC(F)F)cc2N1. The van der Waals surface area contributed by atoms with Crippen LogP contribution >= 0.6 is 11.8 Å². The zero-order valence-electron chi connectivity index (χ0n) is 22.0. The molecule has 2 N–H and O–H groups in total. The number of hydrogen-bond donors (Lipinski definition) is 2. The van der Waals surface area contributed by atoms with Crippen LogP contribution in [0.5, 0.6) is 5.75 Å². The molecule has 5 heterocycles. The Kier molecular flexibility index (Phi) is 7.30. The molecule has 1 aromatic carbocycles. The summed E-state index contributed by atoms with van der Waals surface area (Å²) in [6.45, 7) is -0.0952. The summed E-state index contributed by atoms with van der Waals surface area (Å²) in [5.74, 6) is -0.00521. The lowest BCUT2D eigenvalue weighted by atomic mass is 10.1. The number of halogens is 2. The van der Waals surface area contributed by atoms with Gasteiger partial charge in [0.05, 0.1) is 17.6 Å². The van der Waals surface area contributed by atoms with Gasteiger partial charge >= 0.3 is 6.61 Å². The van der Waals surface area contributed by atoms with Crippen molar-refractivity contribution in [2.45, 2.75) is 37.4 Å². The number of alkyl halides is 2. The van der Waals surface area contributed by atoms with Gasteiger partial charge < -0.3 is 20.3 Å². The van der Waals surface area contributed by atoms with Gasteiger partial charge in [-0.05, 0) is 25.5 Å². The van der Waals surface area contributed by atoms with E-state index in [1.165, 1.54) is 27.7 Å². The minimum absolute atomic E-state index is 0.0984. The van der Waals surface area contributed by atoms with Gasteiger partial charge in [-0.3, -0.25) is 14.3 Å². The molecule has 14 heteroatoms. The van der Waals surface area contributed by atoms with Crippen molar-refractivity contribution in [1.29, 1.82) is 0 Å². The molecule has 6 rings (SSSR count). The van der Waals surface area contributed by atoms with Crippen LogP contribution in [0.1, 0.15) is 23.7 Å². The van der Waals surface area contributed by atoms with Crippen LogP contribution in [-0.2, 0) is 11.3 Å². The average Bonchev–Trinajstić information content (AvgIpc) is 3.57. The third-order valence-corrected chi connectivity index (χ3v) is 8.00. The highest BCUT2D eigenvalue weighted by Gasteiger charge is 2.26. The van der Waals surface area contributed by atoms with Crippen LogP contribution in [0.3, 0.4) is 0 Å². The molecular weight excluding hydrogens is 554 g/mol. The van der Waals surface area contributed by atoms with Crippen molar-refractivity contribution < 1.29 is 23.1 Å². The largest absolute Gasteiger partial charge is 0.434 e. The normalized spacial score (nSPS) is 16.5. The Morgan fingerprint density at radius 1 is 1.29 bits per heavy atom. The minimum atomic E-state index is -3.08. The van der Waals surface area contributed by atoms with Crippen molar-refractivity contribution in [2.24, 2.45) is 0 Å². The maximum atomic E-state index is 13.5. The van der Waals surface area contributed by atoms with E-state index in [0.29, 0.717) is 24.4 Å². The molecule has 0 saturated carbocycles. The smallest absolute Gasteiger partial charge is 0.387 e. The zero-order valence-corrected chi connectivity index (χ0v) is 22.8. The molecule has 212 valence electrons. The van der Waals surface area contributed by atoms with E-state index in [-0.39, 0.29) is 46.8 Å². The predicted octanol–water partition coefficient (Wildman–Crippen LogP) is 4.14. The van der Waals surface area contributed by atoms with Crippen LogP contribution in [-0.4, -0.2) is 72.6 Å². The molecule has 11 nitrogen and oxygen atoms in total. The molecule has 0 fully saturated rings. The van der Waals surface area contributed by atoms with E-state index in [9.17, 15) is 18.4 Å². The van der Waals surface area contributed by atoms with Gasteiger partial charge in [0, 0.05) is 60.0 Å². The van der Waals surface area contributed by atoms with E-state index in [2.05, 4.69) is 25.8 Å². The fourth-order valence-corrected chi connectivity index (χ4v) is 5.76. The van der Waals surface area contributed by atoms with Crippen LogP contribution in [0.15, 0.2) is 60.0 Å². The Hall–Kier alpha value is -4.46. The Labute approximate surface area is 237 Å². The minimum Gasteiger partial charge on any atom is -0.434 e. The summed E-state index contributed by atoms with van der Waals surface area (Å²) in [6.07, 6.45) is 10.8. The van der Waals surface area contributed by atoms with Gasteiger partial charge in [-0.2, -0.15) is 19.0 Å². The zero-order chi connectivity index (χ0) is 28.5. The number of thioether (sulfide) groups is 1. The highest BCUT2D eigenvalue weighted by atomic mass is 32.2. The molecule has 2 aliphatic heterocycles. The molecule has 0 bridgehead atoms. The van der Waals surface area contributed by atoms with Crippen molar-refractivity contribution >= 4 is 40.6 Å². The molecule has 2 aliphatic rings. The highest BCUT2D eigenvalue weighted by Crippen LogP contribution is 2.44. The van der Waals surface area contributed by atoms with Crippen LogP contribution < -0.4 is 15.4 Å². The van der Waals surface area contributed by atoms with E-state index in [1.54, 1.807) is 41.2 Å². The molecule has 1 unspecified atom stereocenters. The van der Waals surface area contributed by atoms with Crippen molar-refractivity contribution in [3.05, 3.63) is 60.7 Å². The molecule has 41 heavy (non-hydrogen) atoms. The average molecular weight is 581 g/mol. The van der Waals surface area contributed by atoms with E-state index in [0.717, 1.165) is 17.1 Å². The number of ether oxygens (including phenoxy) is 1.